The fraction of sp³-hybridized carbons (Fsp3) is 0.500. The summed E-state index contributed by atoms with van der Waals surface area (Å²) in [5.74, 6) is -0.598. The molecule has 9 nitrogen and oxygen atoms in total. The first kappa shape index (κ1) is 34.6. The Hall–Kier alpha value is -3.77. The molecule has 2 aliphatic heterocycles. The Balaban J connectivity index is 0.00000433. The summed E-state index contributed by atoms with van der Waals surface area (Å²) in [6.45, 7) is 6.83. The minimum Gasteiger partial charge on any atom is -0.478 e. The lowest BCUT2D eigenvalue weighted by Crippen LogP contribution is -2.54. The average Bonchev–Trinajstić information content (AvgIpc) is 3.75. The minimum atomic E-state index is -4.61. The summed E-state index contributed by atoms with van der Waals surface area (Å²) in [5, 5.41) is 10.0. The van der Waals surface area contributed by atoms with Crippen LogP contribution in [0.2, 0.25) is 0 Å². The van der Waals surface area contributed by atoms with E-state index in [1.165, 1.54) is 0 Å². The van der Waals surface area contributed by atoms with Gasteiger partial charge in [-0.2, -0.15) is 18.3 Å². The predicted molar refractivity (Wildman–Crippen MR) is 175 cm³/mol. The molecule has 0 unspecified atom stereocenters. The van der Waals surface area contributed by atoms with Crippen LogP contribution in [0, 0.1) is 5.92 Å². The zero-order chi connectivity index (χ0) is 32.5. The molecule has 1 aromatic heterocycles. The van der Waals surface area contributed by atoms with Crippen molar-refractivity contribution in [2.24, 2.45) is 5.92 Å². The first-order valence-electron chi connectivity index (χ1n) is 16.0. The molecule has 0 radical (unpaired) electrons. The molecule has 2 aromatic carbocycles. The van der Waals surface area contributed by atoms with Crippen LogP contribution in [0.3, 0.4) is 0 Å². The van der Waals surface area contributed by atoms with E-state index in [-0.39, 0.29) is 41.9 Å². The van der Waals surface area contributed by atoms with Gasteiger partial charge in [0.25, 0.3) is 5.91 Å². The van der Waals surface area contributed by atoms with E-state index >= 15 is 0 Å². The van der Waals surface area contributed by atoms with Crippen LogP contribution in [0.25, 0.3) is 11.1 Å². The lowest BCUT2D eigenvalue weighted by Gasteiger charge is -2.37. The number of anilines is 1. The number of carbonyl (C=O) groups is 2. The highest BCUT2D eigenvalue weighted by Crippen LogP contribution is 2.38. The van der Waals surface area contributed by atoms with Crippen LogP contribution in [-0.4, -0.2) is 82.7 Å². The third-order valence-corrected chi connectivity index (χ3v) is 9.06. The van der Waals surface area contributed by atoms with Crippen molar-refractivity contribution >= 4 is 29.9 Å². The second-order valence-electron chi connectivity index (χ2n) is 13.0. The van der Waals surface area contributed by atoms with Gasteiger partial charge in [-0.1, -0.05) is 24.3 Å². The number of hydrogen-bond acceptors (Lipinski definition) is 6. The molecule has 0 bridgehead atoms. The van der Waals surface area contributed by atoms with Gasteiger partial charge in [0, 0.05) is 75.4 Å². The Kier molecular flexibility index (Phi) is 10.4. The highest BCUT2D eigenvalue weighted by atomic mass is 35.5. The normalized spacial score (nSPS) is 18.8. The first-order chi connectivity index (χ1) is 22.0. The molecule has 3 aromatic rings. The van der Waals surface area contributed by atoms with Crippen LogP contribution >= 0.6 is 12.4 Å². The molecule has 2 saturated heterocycles. The molecule has 3 heterocycles. The van der Waals surface area contributed by atoms with Gasteiger partial charge >= 0.3 is 6.18 Å². The van der Waals surface area contributed by atoms with Crippen LogP contribution in [0.5, 0.6) is 5.75 Å². The number of rotatable bonds is 9. The molecule has 254 valence electrons. The quantitative estimate of drug-likeness (QED) is 0.311. The summed E-state index contributed by atoms with van der Waals surface area (Å²) >= 11 is 0. The van der Waals surface area contributed by atoms with Crippen molar-refractivity contribution in [1.82, 2.24) is 25.3 Å². The Morgan fingerprint density at radius 3 is 2.36 bits per heavy atom. The Labute approximate surface area is 279 Å². The average molecular weight is 675 g/mol. The number of piperidine rings is 1. The second-order valence-corrected chi connectivity index (χ2v) is 13.0. The summed E-state index contributed by atoms with van der Waals surface area (Å²) in [5.41, 5.74) is 1.17. The molecule has 3 aliphatic rings. The number of piperazine rings is 1. The number of halogens is 4. The number of nitrogens with one attached hydrogen (secondary N) is 2. The molecule has 2 amide bonds. The Morgan fingerprint density at radius 2 is 1.72 bits per heavy atom. The number of amides is 2. The molecule has 0 spiro atoms. The van der Waals surface area contributed by atoms with Gasteiger partial charge in [0.05, 0.1) is 17.7 Å². The zero-order valence-electron chi connectivity index (χ0n) is 26.7. The third kappa shape index (κ3) is 8.21. The standard InChI is InChI=1S/C34H41F3N6O3.ClH/c1-33(2,32(45)41-14-11-38-12-15-41)46-30-17-27(34(35,36)37)16-29(18-30)42-13-3-4-25(22-42)31(44)43(28-9-10-28)21-23-5-7-24(8-6-23)26-19-39-40-20-26;/h5-8,16-20,25,28,38H,3-4,9-15,21-22H2,1-2H3,(H,39,40);1H/t25-;/m1./s1. The van der Waals surface area contributed by atoms with Crippen molar-refractivity contribution in [3.63, 3.8) is 0 Å². The summed E-state index contributed by atoms with van der Waals surface area (Å²) in [6.07, 6.45) is 2.23. The third-order valence-electron chi connectivity index (χ3n) is 9.06. The van der Waals surface area contributed by atoms with Crippen LogP contribution < -0.4 is 15.0 Å². The molecular weight excluding hydrogens is 633 g/mol. The lowest BCUT2D eigenvalue weighted by atomic mass is 9.95. The van der Waals surface area contributed by atoms with Crippen LogP contribution in [0.4, 0.5) is 18.9 Å². The zero-order valence-corrected chi connectivity index (χ0v) is 27.5. The molecule has 1 aliphatic carbocycles. The summed E-state index contributed by atoms with van der Waals surface area (Å²) < 4.78 is 48.3. The van der Waals surface area contributed by atoms with Crippen molar-refractivity contribution in [3.05, 3.63) is 66.0 Å². The number of H-pyrrole nitrogens is 1. The summed E-state index contributed by atoms with van der Waals surface area (Å²) in [4.78, 5) is 32.7. The van der Waals surface area contributed by atoms with Crippen molar-refractivity contribution in [1.29, 1.82) is 0 Å². The van der Waals surface area contributed by atoms with Crippen molar-refractivity contribution < 1.29 is 27.5 Å². The van der Waals surface area contributed by atoms with Crippen LogP contribution in [-0.2, 0) is 22.3 Å². The second kappa shape index (κ2) is 14.1. The summed E-state index contributed by atoms with van der Waals surface area (Å²) in [6, 6.07) is 11.9. The van der Waals surface area contributed by atoms with Gasteiger partial charge in [-0.15, -0.1) is 12.4 Å². The smallest absolute Gasteiger partial charge is 0.416 e. The van der Waals surface area contributed by atoms with E-state index in [0.717, 1.165) is 41.7 Å². The van der Waals surface area contributed by atoms with E-state index < -0.39 is 17.3 Å². The number of aromatic amines is 1. The number of hydrogen-bond donors (Lipinski definition) is 2. The topological polar surface area (TPSA) is 93.8 Å². The molecule has 6 rings (SSSR count). The van der Waals surface area contributed by atoms with E-state index in [1.54, 1.807) is 31.0 Å². The molecule has 13 heteroatoms. The summed E-state index contributed by atoms with van der Waals surface area (Å²) in [7, 11) is 0. The fourth-order valence-electron chi connectivity index (χ4n) is 6.40. The fourth-order valence-corrected chi connectivity index (χ4v) is 6.40. The lowest BCUT2D eigenvalue weighted by molar-refractivity contribution is -0.146. The Morgan fingerprint density at radius 1 is 1.00 bits per heavy atom. The van der Waals surface area contributed by atoms with Gasteiger partial charge < -0.3 is 24.8 Å². The number of carbonyl (C=O) groups excluding carboxylic acids is 2. The van der Waals surface area contributed by atoms with Gasteiger partial charge in [-0.25, -0.2) is 0 Å². The number of nitrogens with zero attached hydrogens (tertiary/aromatic N) is 4. The van der Waals surface area contributed by atoms with Crippen molar-refractivity contribution in [3.8, 4) is 16.9 Å². The Bertz CT molecular complexity index is 1520. The number of ether oxygens (including phenoxy) is 1. The molecule has 1 atom stereocenters. The SMILES string of the molecule is CC(C)(Oc1cc(N2CCC[C@@H](C(=O)N(Cc3ccc(-c4cn[nH]c4)cc3)C3CC3)C2)cc(C(F)(F)F)c1)C(=O)N1CCNCC1.Cl. The van der Waals surface area contributed by atoms with E-state index in [0.29, 0.717) is 64.3 Å². The van der Waals surface area contributed by atoms with Gasteiger partial charge in [-0.05, 0) is 62.8 Å². The van der Waals surface area contributed by atoms with E-state index in [4.69, 9.17) is 4.74 Å². The molecule has 47 heavy (non-hydrogen) atoms. The maximum Gasteiger partial charge on any atom is 0.416 e. The largest absolute Gasteiger partial charge is 0.478 e. The van der Waals surface area contributed by atoms with Gasteiger partial charge in [0.2, 0.25) is 5.91 Å². The highest BCUT2D eigenvalue weighted by Gasteiger charge is 2.39. The number of benzene rings is 2. The number of alkyl halides is 3. The van der Waals surface area contributed by atoms with E-state index in [1.807, 2.05) is 40.3 Å². The van der Waals surface area contributed by atoms with Crippen LogP contribution in [0.1, 0.15) is 50.7 Å². The van der Waals surface area contributed by atoms with Crippen molar-refractivity contribution in [2.75, 3.05) is 44.2 Å². The first-order valence-corrected chi connectivity index (χ1v) is 16.0. The number of aromatic nitrogens is 2. The van der Waals surface area contributed by atoms with Crippen LogP contribution in [0.15, 0.2) is 54.9 Å². The maximum absolute atomic E-state index is 14.1. The highest BCUT2D eigenvalue weighted by molar-refractivity contribution is 5.85. The molecule has 2 N–H and O–H groups in total. The molecule has 3 fully saturated rings. The van der Waals surface area contributed by atoms with Gasteiger partial charge in [-0.3, -0.25) is 14.7 Å². The van der Waals surface area contributed by atoms with Gasteiger partial charge in [0.1, 0.15) is 5.75 Å². The minimum absolute atomic E-state index is 0. The monoisotopic (exact) mass is 674 g/mol. The van der Waals surface area contributed by atoms with E-state index in [2.05, 4.69) is 15.5 Å². The van der Waals surface area contributed by atoms with E-state index in [9.17, 15) is 22.8 Å². The molecule has 1 saturated carbocycles. The van der Waals surface area contributed by atoms with Crippen molar-refractivity contribution in [2.45, 2.75) is 63.9 Å². The maximum atomic E-state index is 14.1. The predicted octanol–water partition coefficient (Wildman–Crippen LogP) is 5.51. The van der Waals surface area contributed by atoms with Gasteiger partial charge in [0.15, 0.2) is 5.60 Å². The molecular formula is C34H42ClF3N6O3.